The summed E-state index contributed by atoms with van der Waals surface area (Å²) in [5, 5.41) is 2.87. The molecule has 4 heterocycles. The second kappa shape index (κ2) is 14.0. The topological polar surface area (TPSA) is 108 Å². The van der Waals surface area contributed by atoms with Crippen molar-refractivity contribution in [1.29, 1.82) is 0 Å². The number of rotatable bonds is 5. The van der Waals surface area contributed by atoms with Crippen molar-refractivity contribution in [2.24, 2.45) is 0 Å². The minimum Gasteiger partial charge on any atom is -0.436 e. The Balaban J connectivity index is 1.22. The van der Waals surface area contributed by atoms with E-state index in [4.69, 9.17) is 10.5 Å². The average Bonchev–Trinajstić information content (AvgIpc) is 3.08. The summed E-state index contributed by atoms with van der Waals surface area (Å²) in [5.74, 6) is -0.824. The molecular formula is C35H41F6N5O4. The van der Waals surface area contributed by atoms with Crippen molar-refractivity contribution in [2.75, 3.05) is 50.3 Å². The number of carbonyl (C=O) groups is 3. The number of carbonyl (C=O) groups excluding carboxylic acids is 3. The van der Waals surface area contributed by atoms with Gasteiger partial charge in [0.2, 0.25) is 5.91 Å². The first-order chi connectivity index (χ1) is 23.6. The van der Waals surface area contributed by atoms with Crippen molar-refractivity contribution >= 4 is 29.3 Å². The van der Waals surface area contributed by atoms with Crippen molar-refractivity contribution in [3.05, 3.63) is 58.7 Å². The normalized spacial score (nSPS) is 21.0. The maximum Gasteiger partial charge on any atom is 0.418 e. The molecule has 4 aliphatic heterocycles. The van der Waals surface area contributed by atoms with Crippen LogP contribution < -0.4 is 11.1 Å². The van der Waals surface area contributed by atoms with Crippen LogP contribution >= 0.6 is 0 Å². The number of nitrogen functional groups attached to an aromatic ring is 1. The van der Waals surface area contributed by atoms with Crippen LogP contribution in [0.2, 0.25) is 0 Å². The lowest BCUT2D eigenvalue weighted by Gasteiger charge is -2.44. The Morgan fingerprint density at radius 3 is 2.08 bits per heavy atom. The van der Waals surface area contributed by atoms with Gasteiger partial charge in [-0.1, -0.05) is 24.6 Å². The van der Waals surface area contributed by atoms with Gasteiger partial charge >= 0.3 is 18.4 Å². The van der Waals surface area contributed by atoms with Gasteiger partial charge in [0.25, 0.3) is 5.91 Å². The molecule has 3 amide bonds. The number of hydrogen-bond acceptors (Lipinski definition) is 6. The molecule has 272 valence electrons. The molecule has 50 heavy (non-hydrogen) atoms. The third kappa shape index (κ3) is 7.52. The van der Waals surface area contributed by atoms with Crippen LogP contribution in [-0.2, 0) is 38.5 Å². The number of nitrogens with one attached hydrogen (secondary N) is 1. The van der Waals surface area contributed by atoms with Crippen LogP contribution in [-0.4, -0.2) is 84.0 Å². The van der Waals surface area contributed by atoms with Gasteiger partial charge in [-0.05, 0) is 80.9 Å². The predicted octanol–water partition coefficient (Wildman–Crippen LogP) is 6.21. The fraction of sp³-hybridized carbons (Fsp3) is 0.571. The van der Waals surface area contributed by atoms with Crippen LogP contribution in [0, 0.1) is 0 Å². The molecule has 0 aromatic heterocycles. The Labute approximate surface area is 286 Å². The number of anilines is 2. The first-order valence-corrected chi connectivity index (χ1v) is 17.1. The lowest BCUT2D eigenvalue weighted by Crippen LogP contribution is -2.52. The highest BCUT2D eigenvalue weighted by molar-refractivity contribution is 5.95. The summed E-state index contributed by atoms with van der Waals surface area (Å²) >= 11 is 0. The fourth-order valence-electron chi connectivity index (χ4n) is 8.04. The van der Waals surface area contributed by atoms with E-state index in [2.05, 4.69) is 10.2 Å². The SMILES string of the molecule is Nc1c(C(F)(F)F)cc(C[C@@H](OC(=O)N2CCC3(CC2)CC(=O)Nc2ccccc23)C(=O)N2CCC(N3CCCCC3)CC2)cc1C(F)(F)F. The standard InChI is InChI=1S/C35H41F6N5O4/c36-34(37,38)25-18-22(19-26(30(25)42)35(39,40)41)20-28(31(48)45-14-8-23(9-15-45)44-12-4-1-5-13-44)50-32(49)46-16-10-33(11-17-46)21-29(47)43-27-7-3-2-6-24(27)33/h2-3,6-7,18-19,23,28H,1,4-5,8-17,20-21,42H2,(H,43,47)/t28-/m1/s1. The minimum atomic E-state index is -5.20. The second-order valence-corrected chi connectivity index (χ2v) is 13.9. The number of hydrogen-bond donors (Lipinski definition) is 2. The monoisotopic (exact) mass is 709 g/mol. The van der Waals surface area contributed by atoms with E-state index < -0.39 is 64.7 Å². The molecule has 0 saturated carbocycles. The zero-order valence-corrected chi connectivity index (χ0v) is 27.5. The highest BCUT2D eigenvalue weighted by Crippen LogP contribution is 2.45. The van der Waals surface area contributed by atoms with Crippen LogP contribution in [0.1, 0.15) is 73.6 Å². The van der Waals surface area contributed by atoms with Crippen LogP contribution in [0.5, 0.6) is 0 Å². The molecule has 6 rings (SSSR count). The van der Waals surface area contributed by atoms with Gasteiger partial charge in [0.15, 0.2) is 6.10 Å². The summed E-state index contributed by atoms with van der Waals surface area (Å²) in [6.07, 6.45) is -8.01. The van der Waals surface area contributed by atoms with E-state index in [9.17, 15) is 40.7 Å². The lowest BCUT2D eigenvalue weighted by atomic mass is 9.68. The smallest absolute Gasteiger partial charge is 0.418 e. The number of likely N-dealkylation sites (tertiary alicyclic amines) is 3. The summed E-state index contributed by atoms with van der Waals surface area (Å²) in [7, 11) is 0. The third-order valence-corrected chi connectivity index (χ3v) is 10.7. The van der Waals surface area contributed by atoms with Crippen LogP contribution in [0.3, 0.4) is 0 Å². The Bertz CT molecular complexity index is 1560. The van der Waals surface area contributed by atoms with Crippen molar-refractivity contribution in [2.45, 2.75) is 87.7 Å². The molecule has 2 aromatic carbocycles. The molecule has 2 aromatic rings. The number of amides is 3. The number of ether oxygens (including phenoxy) is 1. The van der Waals surface area contributed by atoms with Crippen LogP contribution in [0.25, 0.3) is 0 Å². The summed E-state index contributed by atoms with van der Waals surface area (Å²) in [4.78, 5) is 45.3. The van der Waals surface area contributed by atoms with Crippen molar-refractivity contribution in [1.82, 2.24) is 14.7 Å². The largest absolute Gasteiger partial charge is 0.436 e. The molecule has 0 unspecified atom stereocenters. The van der Waals surface area contributed by atoms with Crippen molar-refractivity contribution < 1.29 is 45.5 Å². The van der Waals surface area contributed by atoms with E-state index in [1.165, 1.54) is 16.2 Å². The van der Waals surface area contributed by atoms with E-state index in [0.29, 0.717) is 56.6 Å². The number of alkyl halides is 6. The van der Waals surface area contributed by atoms with Gasteiger partial charge in [0, 0.05) is 56.2 Å². The molecule has 3 saturated heterocycles. The highest BCUT2D eigenvalue weighted by atomic mass is 19.4. The number of para-hydroxylation sites is 1. The van der Waals surface area contributed by atoms with E-state index in [-0.39, 0.29) is 31.5 Å². The van der Waals surface area contributed by atoms with Crippen LogP contribution in [0.4, 0.5) is 42.5 Å². The van der Waals surface area contributed by atoms with Crippen LogP contribution in [0.15, 0.2) is 36.4 Å². The van der Waals surface area contributed by atoms with E-state index in [1.807, 2.05) is 24.3 Å². The van der Waals surface area contributed by atoms with E-state index in [0.717, 1.165) is 31.5 Å². The molecule has 3 fully saturated rings. The maximum atomic E-state index is 14.0. The predicted molar refractivity (Wildman–Crippen MR) is 172 cm³/mol. The molecule has 9 nitrogen and oxygen atoms in total. The van der Waals surface area contributed by atoms with E-state index >= 15 is 0 Å². The molecule has 0 bridgehead atoms. The number of nitrogens with two attached hydrogens (primary N) is 1. The Morgan fingerprint density at radius 2 is 1.48 bits per heavy atom. The number of fused-ring (bicyclic) bond motifs is 2. The van der Waals surface area contributed by atoms with E-state index in [1.54, 1.807) is 0 Å². The van der Waals surface area contributed by atoms with Gasteiger partial charge in [0.05, 0.1) is 16.8 Å². The Morgan fingerprint density at radius 1 is 0.880 bits per heavy atom. The fourth-order valence-corrected chi connectivity index (χ4v) is 8.04. The van der Waals surface area contributed by atoms with Gasteiger partial charge < -0.3 is 30.5 Å². The molecule has 15 heteroatoms. The Hall–Kier alpha value is -4.01. The summed E-state index contributed by atoms with van der Waals surface area (Å²) in [6.45, 7) is 2.89. The highest BCUT2D eigenvalue weighted by Gasteiger charge is 2.45. The number of nitrogens with zero attached hydrogens (tertiary/aromatic N) is 3. The molecular weight excluding hydrogens is 668 g/mol. The van der Waals surface area contributed by atoms with Gasteiger partial charge in [-0.3, -0.25) is 9.59 Å². The maximum absolute atomic E-state index is 14.0. The number of piperidine rings is 3. The second-order valence-electron chi connectivity index (χ2n) is 13.9. The van der Waals surface area contributed by atoms with Crippen molar-refractivity contribution in [3.8, 4) is 0 Å². The quantitative estimate of drug-likeness (QED) is 0.283. The van der Waals surface area contributed by atoms with Gasteiger partial charge in [-0.25, -0.2) is 4.79 Å². The summed E-state index contributed by atoms with van der Waals surface area (Å²) in [6, 6.07) is 8.66. The molecule has 4 aliphatic rings. The molecule has 0 radical (unpaired) electrons. The molecule has 0 aliphatic carbocycles. The summed E-state index contributed by atoms with van der Waals surface area (Å²) in [5.41, 5.74) is 1.17. The minimum absolute atomic E-state index is 0.144. The van der Waals surface area contributed by atoms with Gasteiger partial charge in [-0.2, -0.15) is 26.3 Å². The third-order valence-electron chi connectivity index (χ3n) is 10.7. The molecule has 1 spiro atoms. The van der Waals surface area contributed by atoms with Gasteiger partial charge in [0.1, 0.15) is 0 Å². The Kier molecular flexibility index (Phi) is 9.99. The number of halogens is 6. The molecule has 1 atom stereocenters. The first kappa shape index (κ1) is 35.8. The molecule has 3 N–H and O–H groups in total. The first-order valence-electron chi connectivity index (χ1n) is 17.1. The summed E-state index contributed by atoms with van der Waals surface area (Å²) < 4.78 is 88.8. The lowest BCUT2D eigenvalue weighted by molar-refractivity contribution is -0.142. The zero-order chi connectivity index (χ0) is 35.8. The number of benzene rings is 2. The average molecular weight is 710 g/mol. The van der Waals surface area contributed by atoms with Crippen molar-refractivity contribution in [3.63, 3.8) is 0 Å². The van der Waals surface area contributed by atoms with Gasteiger partial charge in [-0.15, -0.1) is 0 Å². The zero-order valence-electron chi connectivity index (χ0n) is 27.5.